The van der Waals surface area contributed by atoms with Gasteiger partial charge in [0.2, 0.25) is 0 Å². The van der Waals surface area contributed by atoms with Crippen molar-refractivity contribution in [3.8, 4) is 5.82 Å². The number of carbonyl (C=O) groups is 1. The van der Waals surface area contributed by atoms with Crippen molar-refractivity contribution in [1.82, 2.24) is 19.9 Å². The van der Waals surface area contributed by atoms with Gasteiger partial charge in [-0.25, -0.2) is 9.97 Å². The van der Waals surface area contributed by atoms with Crippen LogP contribution in [-0.4, -0.2) is 33.5 Å². The van der Waals surface area contributed by atoms with E-state index in [1.807, 2.05) is 53.5 Å². The number of rotatable bonds is 6. The van der Waals surface area contributed by atoms with Crippen molar-refractivity contribution in [3.63, 3.8) is 0 Å². The fourth-order valence-corrected chi connectivity index (χ4v) is 3.49. The number of anilines is 1. The molecule has 0 saturated carbocycles. The molecule has 0 unspecified atom stereocenters. The Hall–Kier alpha value is -2.19. The molecule has 0 radical (unpaired) electrons. The van der Waals surface area contributed by atoms with Gasteiger partial charge in [-0.1, -0.05) is 0 Å². The highest BCUT2D eigenvalue weighted by atomic mass is 79.9. The van der Waals surface area contributed by atoms with Crippen LogP contribution in [0.3, 0.4) is 0 Å². The van der Waals surface area contributed by atoms with E-state index in [9.17, 15) is 4.79 Å². The summed E-state index contributed by atoms with van der Waals surface area (Å²) in [4.78, 5) is 21.4. The summed E-state index contributed by atoms with van der Waals surface area (Å²) in [6, 6.07) is 7.59. The summed E-state index contributed by atoms with van der Waals surface area (Å²) in [7, 11) is 0. The average Bonchev–Trinajstić information content (AvgIpc) is 3.22. The number of nitrogens with one attached hydrogen (secondary N) is 2. The molecule has 0 aromatic carbocycles. The zero-order chi connectivity index (χ0) is 16.9. The Morgan fingerprint density at radius 2 is 2.04 bits per heavy atom. The third kappa shape index (κ3) is 4.21. The first kappa shape index (κ1) is 16.7. The Bertz CT molecular complexity index is 831. The molecule has 0 aliphatic rings. The quantitative estimate of drug-likeness (QED) is 0.617. The highest BCUT2D eigenvalue weighted by Crippen LogP contribution is 2.19. The Kier molecular flexibility index (Phi) is 5.27. The first-order chi connectivity index (χ1) is 11.6. The van der Waals surface area contributed by atoms with Crippen molar-refractivity contribution >= 4 is 39.0 Å². The van der Waals surface area contributed by atoms with Crippen molar-refractivity contribution in [1.29, 1.82) is 0 Å². The molecule has 124 valence electrons. The molecular weight excluding hydrogens is 390 g/mol. The minimum atomic E-state index is -0.0700. The second-order valence-corrected chi connectivity index (χ2v) is 6.89. The van der Waals surface area contributed by atoms with E-state index in [0.29, 0.717) is 23.8 Å². The minimum Gasteiger partial charge on any atom is -0.368 e. The number of hydrogen-bond donors (Lipinski definition) is 2. The fraction of sp³-hybridized carbons (Fsp3) is 0.188. The van der Waals surface area contributed by atoms with E-state index in [2.05, 4.69) is 36.5 Å². The molecule has 0 aliphatic heterocycles. The second-order valence-electron chi connectivity index (χ2n) is 5.06. The maximum atomic E-state index is 12.0. The van der Waals surface area contributed by atoms with E-state index < -0.39 is 0 Å². The lowest BCUT2D eigenvalue weighted by molar-refractivity contribution is 0.0959. The van der Waals surface area contributed by atoms with E-state index in [1.165, 1.54) is 11.3 Å². The molecule has 0 bridgehead atoms. The molecule has 0 aliphatic carbocycles. The van der Waals surface area contributed by atoms with Crippen LogP contribution >= 0.6 is 27.3 Å². The van der Waals surface area contributed by atoms with Crippen LogP contribution in [0, 0.1) is 6.92 Å². The summed E-state index contributed by atoms with van der Waals surface area (Å²) in [5, 5.41) is 7.98. The normalized spacial score (nSPS) is 10.6. The van der Waals surface area contributed by atoms with Gasteiger partial charge < -0.3 is 15.2 Å². The predicted molar refractivity (Wildman–Crippen MR) is 98.9 cm³/mol. The van der Waals surface area contributed by atoms with Gasteiger partial charge in [0, 0.05) is 41.4 Å². The molecule has 3 aromatic rings. The maximum Gasteiger partial charge on any atom is 0.261 e. The highest BCUT2D eigenvalue weighted by molar-refractivity contribution is 9.10. The van der Waals surface area contributed by atoms with Crippen LogP contribution in [0.5, 0.6) is 0 Å². The van der Waals surface area contributed by atoms with Gasteiger partial charge in [-0.2, -0.15) is 0 Å². The molecule has 8 heteroatoms. The second kappa shape index (κ2) is 7.59. The molecule has 3 heterocycles. The van der Waals surface area contributed by atoms with E-state index >= 15 is 0 Å². The van der Waals surface area contributed by atoms with Gasteiger partial charge in [-0.05, 0) is 41.1 Å². The molecule has 1 amide bonds. The van der Waals surface area contributed by atoms with Crippen LogP contribution in [0.4, 0.5) is 5.82 Å². The van der Waals surface area contributed by atoms with Crippen molar-refractivity contribution in [3.05, 3.63) is 57.2 Å². The Morgan fingerprint density at radius 1 is 1.25 bits per heavy atom. The van der Waals surface area contributed by atoms with Gasteiger partial charge >= 0.3 is 0 Å². The SMILES string of the molecule is Cc1nc(NCCNC(=O)c2cc(Br)cs2)cc(-n2cccc2)n1. The molecule has 0 saturated heterocycles. The summed E-state index contributed by atoms with van der Waals surface area (Å²) < 4.78 is 2.85. The molecule has 0 atom stereocenters. The zero-order valence-electron chi connectivity index (χ0n) is 13.0. The van der Waals surface area contributed by atoms with Gasteiger partial charge in [0.05, 0.1) is 4.88 Å². The number of aromatic nitrogens is 3. The topological polar surface area (TPSA) is 71.8 Å². The molecule has 0 spiro atoms. The van der Waals surface area contributed by atoms with Crippen molar-refractivity contribution in [2.24, 2.45) is 0 Å². The molecule has 24 heavy (non-hydrogen) atoms. The lowest BCUT2D eigenvalue weighted by atomic mass is 10.4. The lowest BCUT2D eigenvalue weighted by Gasteiger charge is -2.09. The summed E-state index contributed by atoms with van der Waals surface area (Å²) in [6.45, 7) is 2.95. The third-order valence-electron chi connectivity index (χ3n) is 3.20. The van der Waals surface area contributed by atoms with E-state index in [4.69, 9.17) is 0 Å². The van der Waals surface area contributed by atoms with E-state index in [1.54, 1.807) is 0 Å². The molecule has 2 N–H and O–H groups in total. The largest absolute Gasteiger partial charge is 0.368 e. The number of amides is 1. The van der Waals surface area contributed by atoms with Crippen LogP contribution < -0.4 is 10.6 Å². The Morgan fingerprint density at radius 3 is 2.75 bits per heavy atom. The smallest absolute Gasteiger partial charge is 0.261 e. The van der Waals surface area contributed by atoms with Gasteiger partial charge in [-0.15, -0.1) is 11.3 Å². The van der Waals surface area contributed by atoms with Gasteiger partial charge in [-0.3, -0.25) is 4.79 Å². The lowest BCUT2D eigenvalue weighted by Crippen LogP contribution is -2.28. The van der Waals surface area contributed by atoms with Gasteiger partial charge in [0.25, 0.3) is 5.91 Å². The Balaban J connectivity index is 1.54. The first-order valence-corrected chi connectivity index (χ1v) is 9.04. The summed E-state index contributed by atoms with van der Waals surface area (Å²) >= 11 is 4.76. The molecule has 3 rings (SSSR count). The summed E-state index contributed by atoms with van der Waals surface area (Å²) in [5.74, 6) is 2.16. The van der Waals surface area contributed by atoms with Gasteiger partial charge in [0.1, 0.15) is 17.5 Å². The molecule has 6 nitrogen and oxygen atoms in total. The van der Waals surface area contributed by atoms with Crippen molar-refractivity contribution < 1.29 is 4.79 Å². The van der Waals surface area contributed by atoms with Crippen LogP contribution in [0.2, 0.25) is 0 Å². The molecular formula is C16H16BrN5OS. The summed E-state index contributed by atoms with van der Waals surface area (Å²) in [5.41, 5.74) is 0. The number of hydrogen-bond acceptors (Lipinski definition) is 5. The van der Waals surface area contributed by atoms with Crippen LogP contribution in [0.1, 0.15) is 15.5 Å². The van der Waals surface area contributed by atoms with Crippen LogP contribution in [0.25, 0.3) is 5.82 Å². The maximum absolute atomic E-state index is 12.0. The van der Waals surface area contributed by atoms with Crippen LogP contribution in [-0.2, 0) is 0 Å². The monoisotopic (exact) mass is 405 g/mol. The molecule has 0 fully saturated rings. The number of aryl methyl sites for hydroxylation is 1. The summed E-state index contributed by atoms with van der Waals surface area (Å²) in [6.07, 6.45) is 3.87. The van der Waals surface area contributed by atoms with Crippen molar-refractivity contribution in [2.45, 2.75) is 6.92 Å². The highest BCUT2D eigenvalue weighted by Gasteiger charge is 2.07. The first-order valence-electron chi connectivity index (χ1n) is 7.37. The number of halogens is 1. The fourth-order valence-electron chi connectivity index (χ4n) is 2.15. The number of carbonyl (C=O) groups excluding carboxylic acids is 1. The van der Waals surface area contributed by atoms with Crippen LogP contribution in [0.15, 0.2) is 46.5 Å². The third-order valence-corrected chi connectivity index (χ3v) is 4.89. The van der Waals surface area contributed by atoms with Crippen molar-refractivity contribution in [2.75, 3.05) is 18.4 Å². The standard InChI is InChI=1S/C16H16BrN5OS/c1-11-20-14(9-15(21-11)22-6-2-3-7-22)18-4-5-19-16(23)13-8-12(17)10-24-13/h2-3,6-10H,4-5H2,1H3,(H,19,23)(H,18,20,21). The average molecular weight is 406 g/mol. The number of nitrogens with zero attached hydrogens (tertiary/aromatic N) is 3. The predicted octanol–water partition coefficient (Wildman–Crippen LogP) is 3.24. The van der Waals surface area contributed by atoms with E-state index in [0.717, 1.165) is 16.1 Å². The van der Waals surface area contributed by atoms with Gasteiger partial charge in [0.15, 0.2) is 0 Å². The number of thiophene rings is 1. The Labute approximate surface area is 152 Å². The molecule has 3 aromatic heterocycles. The van der Waals surface area contributed by atoms with E-state index in [-0.39, 0.29) is 5.91 Å². The zero-order valence-corrected chi connectivity index (χ0v) is 15.4. The minimum absolute atomic E-state index is 0.0700.